The van der Waals surface area contributed by atoms with Crippen molar-refractivity contribution in [2.75, 3.05) is 6.54 Å². The summed E-state index contributed by atoms with van der Waals surface area (Å²) in [6.45, 7) is 0.639. The van der Waals surface area contributed by atoms with Gasteiger partial charge in [-0.05, 0) is 34.3 Å². The molecule has 0 unspecified atom stereocenters. The molecule has 0 spiro atoms. The van der Waals surface area contributed by atoms with Crippen molar-refractivity contribution in [2.45, 2.75) is 24.8 Å². The molecule has 0 bridgehead atoms. The number of primary amides is 1. The van der Waals surface area contributed by atoms with Crippen LogP contribution >= 0.6 is 15.9 Å². The highest BCUT2D eigenvalue weighted by atomic mass is 79.9. The fourth-order valence-corrected chi connectivity index (χ4v) is 4.32. The van der Waals surface area contributed by atoms with Crippen molar-refractivity contribution in [1.29, 1.82) is 0 Å². The molecule has 1 fully saturated rings. The van der Waals surface area contributed by atoms with Gasteiger partial charge >= 0.3 is 6.03 Å². The van der Waals surface area contributed by atoms with E-state index in [4.69, 9.17) is 10.7 Å². The summed E-state index contributed by atoms with van der Waals surface area (Å²) in [5, 5.41) is 0. The first-order valence-electron chi connectivity index (χ1n) is 8.21. The molecule has 1 saturated heterocycles. The number of carbonyl (C=O) groups excluding carboxylic acids is 1. The zero-order chi connectivity index (χ0) is 17.4. The molecule has 7 heteroatoms. The SMILES string of the molecule is NC(=O)N1CCC[C@]1(Cc1ccccc1)c1nc(Br)c2cnccn12. The van der Waals surface area contributed by atoms with Crippen LogP contribution in [0.5, 0.6) is 0 Å². The standard InChI is InChI=1S/C18H18BrN5O/c19-15-14-12-21-8-10-23(14)16(22-15)18(7-4-9-24(18)17(20)25)11-13-5-2-1-3-6-13/h1-3,5-6,8,10,12H,4,7,9,11H2,(H2,20,25)/t18-/m0/s1. The summed E-state index contributed by atoms with van der Waals surface area (Å²) in [6, 6.07) is 9.75. The van der Waals surface area contributed by atoms with Crippen molar-refractivity contribution in [3.8, 4) is 0 Å². The van der Waals surface area contributed by atoms with Gasteiger partial charge in [0.25, 0.3) is 0 Å². The van der Waals surface area contributed by atoms with Crippen LogP contribution in [0.15, 0.2) is 53.5 Å². The van der Waals surface area contributed by atoms with Crippen molar-refractivity contribution >= 4 is 27.5 Å². The summed E-state index contributed by atoms with van der Waals surface area (Å²) in [5.74, 6) is 0.817. The summed E-state index contributed by atoms with van der Waals surface area (Å²) in [7, 11) is 0. The van der Waals surface area contributed by atoms with Gasteiger partial charge < -0.3 is 10.6 Å². The van der Waals surface area contributed by atoms with E-state index >= 15 is 0 Å². The Morgan fingerprint density at radius 1 is 1.32 bits per heavy atom. The molecule has 2 amide bonds. The van der Waals surface area contributed by atoms with Gasteiger partial charge in [-0.2, -0.15) is 0 Å². The van der Waals surface area contributed by atoms with Crippen molar-refractivity contribution in [3.63, 3.8) is 0 Å². The number of aromatic nitrogens is 3. The van der Waals surface area contributed by atoms with Gasteiger partial charge in [0.15, 0.2) is 0 Å². The Balaban J connectivity index is 1.92. The second-order valence-electron chi connectivity index (χ2n) is 6.35. The highest BCUT2D eigenvalue weighted by molar-refractivity contribution is 9.10. The van der Waals surface area contributed by atoms with Crippen LogP contribution in [0.2, 0.25) is 0 Å². The van der Waals surface area contributed by atoms with E-state index in [1.54, 1.807) is 17.3 Å². The lowest BCUT2D eigenvalue weighted by Crippen LogP contribution is -2.50. The van der Waals surface area contributed by atoms with Crippen LogP contribution in [0.4, 0.5) is 4.79 Å². The average molecular weight is 400 g/mol. The lowest BCUT2D eigenvalue weighted by atomic mass is 9.87. The van der Waals surface area contributed by atoms with E-state index in [9.17, 15) is 4.79 Å². The molecule has 0 radical (unpaired) electrons. The van der Waals surface area contributed by atoms with E-state index in [0.717, 1.165) is 34.3 Å². The van der Waals surface area contributed by atoms with Crippen molar-refractivity contribution in [2.24, 2.45) is 5.73 Å². The third-order valence-electron chi connectivity index (χ3n) is 4.91. The van der Waals surface area contributed by atoms with Crippen molar-refractivity contribution in [1.82, 2.24) is 19.3 Å². The van der Waals surface area contributed by atoms with Crippen molar-refractivity contribution in [3.05, 3.63) is 64.9 Å². The second-order valence-corrected chi connectivity index (χ2v) is 7.10. The first kappa shape index (κ1) is 16.1. The summed E-state index contributed by atoms with van der Waals surface area (Å²) >= 11 is 3.52. The number of halogens is 1. The lowest BCUT2D eigenvalue weighted by Gasteiger charge is -2.36. The van der Waals surface area contributed by atoms with Gasteiger partial charge in [-0.25, -0.2) is 9.78 Å². The van der Waals surface area contributed by atoms with Gasteiger partial charge in [-0.1, -0.05) is 30.3 Å². The van der Waals surface area contributed by atoms with Crippen LogP contribution in [0.3, 0.4) is 0 Å². The number of fused-ring (bicyclic) bond motifs is 1. The van der Waals surface area contributed by atoms with Crippen molar-refractivity contribution < 1.29 is 4.79 Å². The highest BCUT2D eigenvalue weighted by Crippen LogP contribution is 2.42. The van der Waals surface area contributed by atoms with Crippen LogP contribution in [-0.2, 0) is 12.0 Å². The predicted molar refractivity (Wildman–Crippen MR) is 98.0 cm³/mol. The maximum atomic E-state index is 12.2. The molecule has 3 aromatic rings. The van der Waals surface area contributed by atoms with Gasteiger partial charge in [-0.15, -0.1) is 0 Å². The summed E-state index contributed by atoms with van der Waals surface area (Å²) in [5.41, 5.74) is 7.20. The lowest BCUT2D eigenvalue weighted by molar-refractivity contribution is 0.145. The Labute approximate surface area is 153 Å². The molecule has 1 aliphatic rings. The zero-order valence-electron chi connectivity index (χ0n) is 13.6. The minimum Gasteiger partial charge on any atom is -0.351 e. The fraction of sp³-hybridized carbons (Fsp3) is 0.278. The first-order chi connectivity index (χ1) is 12.1. The van der Waals surface area contributed by atoms with Crippen LogP contribution in [0, 0.1) is 0 Å². The minimum absolute atomic E-state index is 0.407. The Kier molecular flexibility index (Phi) is 3.95. The summed E-state index contributed by atoms with van der Waals surface area (Å²) in [6.07, 6.45) is 7.76. The van der Waals surface area contributed by atoms with Gasteiger partial charge in [0, 0.05) is 25.4 Å². The number of likely N-dealkylation sites (tertiary alicyclic amines) is 1. The molecule has 2 aromatic heterocycles. The number of urea groups is 1. The molecule has 4 rings (SSSR count). The van der Waals surface area contributed by atoms with Gasteiger partial charge in [0.2, 0.25) is 0 Å². The number of nitrogens with two attached hydrogens (primary N) is 1. The topological polar surface area (TPSA) is 76.5 Å². The fourth-order valence-electron chi connectivity index (χ4n) is 3.86. The molecule has 25 heavy (non-hydrogen) atoms. The Hall–Kier alpha value is -2.41. The normalized spacial score (nSPS) is 20.3. The highest BCUT2D eigenvalue weighted by Gasteiger charge is 2.47. The molecule has 2 N–H and O–H groups in total. The number of nitrogens with zero attached hydrogens (tertiary/aromatic N) is 4. The molecular formula is C18H18BrN5O. The van der Waals surface area contributed by atoms with E-state index in [2.05, 4.69) is 33.0 Å². The van der Waals surface area contributed by atoms with Crippen LogP contribution in [-0.4, -0.2) is 31.8 Å². The first-order valence-corrected chi connectivity index (χ1v) is 9.00. The number of rotatable bonds is 3. The number of imidazole rings is 1. The molecule has 1 atom stereocenters. The molecule has 3 heterocycles. The number of carbonyl (C=O) groups is 1. The smallest absolute Gasteiger partial charge is 0.315 e. The average Bonchev–Trinajstić information content (AvgIpc) is 3.19. The number of amides is 2. The molecule has 0 aliphatic carbocycles. The second kappa shape index (κ2) is 6.15. The molecule has 1 aromatic carbocycles. The molecular weight excluding hydrogens is 382 g/mol. The number of hydrogen-bond acceptors (Lipinski definition) is 3. The maximum Gasteiger partial charge on any atom is 0.315 e. The molecule has 0 saturated carbocycles. The summed E-state index contributed by atoms with van der Waals surface area (Å²) < 4.78 is 2.72. The van der Waals surface area contributed by atoms with Gasteiger partial charge in [-0.3, -0.25) is 9.38 Å². The van der Waals surface area contributed by atoms with Gasteiger partial charge in [0.05, 0.1) is 11.7 Å². The van der Waals surface area contributed by atoms with E-state index in [1.165, 1.54) is 0 Å². The van der Waals surface area contributed by atoms with Crippen LogP contribution < -0.4 is 5.73 Å². The minimum atomic E-state index is -0.566. The van der Waals surface area contributed by atoms with Crippen LogP contribution in [0.25, 0.3) is 5.52 Å². The largest absolute Gasteiger partial charge is 0.351 e. The predicted octanol–water partition coefficient (Wildman–Crippen LogP) is 3.10. The van der Waals surface area contributed by atoms with E-state index in [1.807, 2.05) is 28.8 Å². The van der Waals surface area contributed by atoms with E-state index in [-0.39, 0.29) is 0 Å². The molecule has 1 aliphatic heterocycles. The third kappa shape index (κ3) is 2.59. The zero-order valence-corrected chi connectivity index (χ0v) is 15.2. The van der Waals surface area contributed by atoms with E-state index < -0.39 is 11.6 Å². The third-order valence-corrected chi connectivity index (χ3v) is 5.50. The summed E-state index contributed by atoms with van der Waals surface area (Å²) in [4.78, 5) is 22.9. The Bertz CT molecular complexity index is 926. The maximum absolute atomic E-state index is 12.2. The van der Waals surface area contributed by atoms with Crippen LogP contribution in [0.1, 0.15) is 24.2 Å². The Morgan fingerprint density at radius 3 is 2.88 bits per heavy atom. The van der Waals surface area contributed by atoms with E-state index in [0.29, 0.717) is 13.0 Å². The number of benzene rings is 1. The Morgan fingerprint density at radius 2 is 2.12 bits per heavy atom. The quantitative estimate of drug-likeness (QED) is 0.734. The molecule has 128 valence electrons. The number of hydrogen-bond donors (Lipinski definition) is 1. The van der Waals surface area contributed by atoms with Gasteiger partial charge in [0.1, 0.15) is 16.0 Å². The monoisotopic (exact) mass is 399 g/mol. The molecule has 6 nitrogen and oxygen atoms in total.